The zero-order chi connectivity index (χ0) is 9.15. The molecule has 13 heavy (non-hydrogen) atoms. The Balaban J connectivity index is 1.83. The Labute approximate surface area is 82.3 Å². The van der Waals surface area contributed by atoms with Gasteiger partial charge in [0.1, 0.15) is 0 Å². The summed E-state index contributed by atoms with van der Waals surface area (Å²) in [5.41, 5.74) is 0.836. The lowest BCUT2D eigenvalue weighted by atomic mass is 9.64. The van der Waals surface area contributed by atoms with E-state index >= 15 is 0 Å². The molecule has 0 heterocycles. The number of nitrogens with one attached hydrogen (secondary N) is 1. The van der Waals surface area contributed by atoms with Crippen LogP contribution in [0.25, 0.3) is 0 Å². The van der Waals surface area contributed by atoms with Crippen LogP contribution in [0.2, 0.25) is 0 Å². The van der Waals surface area contributed by atoms with Crippen molar-refractivity contribution in [1.29, 1.82) is 0 Å². The molecule has 0 radical (unpaired) electrons. The second kappa shape index (κ2) is 4.00. The zero-order valence-corrected chi connectivity index (χ0v) is 8.94. The number of hydrogen-bond acceptors (Lipinski definition) is 1. The molecule has 0 aromatic carbocycles. The molecule has 0 bridgehead atoms. The summed E-state index contributed by atoms with van der Waals surface area (Å²) in [6.07, 6.45) is 12.1. The average molecular weight is 181 g/mol. The van der Waals surface area contributed by atoms with Gasteiger partial charge in [-0.3, -0.25) is 0 Å². The van der Waals surface area contributed by atoms with Crippen LogP contribution in [-0.4, -0.2) is 13.6 Å². The highest BCUT2D eigenvalue weighted by molar-refractivity contribution is 4.90. The molecule has 0 saturated heterocycles. The molecule has 0 amide bonds. The van der Waals surface area contributed by atoms with Gasteiger partial charge >= 0.3 is 0 Å². The van der Waals surface area contributed by atoms with E-state index in [2.05, 4.69) is 12.4 Å². The van der Waals surface area contributed by atoms with Crippen LogP contribution < -0.4 is 5.32 Å². The first-order valence-electron chi connectivity index (χ1n) is 5.99. The number of rotatable bonds is 2. The van der Waals surface area contributed by atoms with Gasteiger partial charge in [-0.25, -0.2) is 0 Å². The van der Waals surface area contributed by atoms with Crippen molar-refractivity contribution in [2.24, 2.45) is 11.3 Å². The van der Waals surface area contributed by atoms with E-state index in [0.29, 0.717) is 0 Å². The van der Waals surface area contributed by atoms with E-state index in [1.165, 1.54) is 45.1 Å². The van der Waals surface area contributed by atoms with E-state index < -0.39 is 0 Å². The minimum atomic E-state index is 0.836. The van der Waals surface area contributed by atoms with Gasteiger partial charge in [0.2, 0.25) is 0 Å². The average Bonchev–Trinajstić information content (AvgIpc) is 2.27. The molecule has 2 aliphatic rings. The van der Waals surface area contributed by atoms with Crippen molar-refractivity contribution >= 4 is 0 Å². The minimum Gasteiger partial charge on any atom is -0.319 e. The van der Waals surface area contributed by atoms with Gasteiger partial charge < -0.3 is 5.32 Å². The smallest absolute Gasteiger partial charge is 0.00235 e. The van der Waals surface area contributed by atoms with Crippen molar-refractivity contribution in [3.63, 3.8) is 0 Å². The van der Waals surface area contributed by atoms with Crippen molar-refractivity contribution in [3.05, 3.63) is 0 Å². The van der Waals surface area contributed by atoms with Crippen LogP contribution in [-0.2, 0) is 0 Å². The monoisotopic (exact) mass is 181 g/mol. The number of hydrogen-bond donors (Lipinski definition) is 1. The molecular weight excluding hydrogens is 158 g/mol. The maximum absolute atomic E-state index is 3.33. The van der Waals surface area contributed by atoms with Gasteiger partial charge in [0.15, 0.2) is 0 Å². The Morgan fingerprint density at radius 3 is 2.46 bits per heavy atom. The van der Waals surface area contributed by atoms with E-state index in [-0.39, 0.29) is 0 Å². The molecular formula is C12H23N. The highest BCUT2D eigenvalue weighted by atomic mass is 14.8. The molecule has 1 spiro atoms. The van der Waals surface area contributed by atoms with Crippen LogP contribution in [0.15, 0.2) is 0 Å². The lowest BCUT2D eigenvalue weighted by molar-refractivity contribution is 0.108. The van der Waals surface area contributed by atoms with E-state index in [0.717, 1.165) is 11.3 Å². The van der Waals surface area contributed by atoms with E-state index in [1.807, 2.05) is 0 Å². The summed E-state index contributed by atoms with van der Waals surface area (Å²) in [6, 6.07) is 0. The van der Waals surface area contributed by atoms with Crippen molar-refractivity contribution in [1.82, 2.24) is 5.32 Å². The van der Waals surface area contributed by atoms with Crippen LogP contribution in [0.3, 0.4) is 0 Å². The second-order valence-corrected chi connectivity index (χ2v) is 5.21. The summed E-state index contributed by atoms with van der Waals surface area (Å²) in [7, 11) is 2.09. The summed E-state index contributed by atoms with van der Waals surface area (Å²) >= 11 is 0. The first-order chi connectivity index (χ1) is 6.35. The quantitative estimate of drug-likeness (QED) is 0.690. The van der Waals surface area contributed by atoms with Gasteiger partial charge in [0.05, 0.1) is 0 Å². The molecule has 2 rings (SSSR count). The van der Waals surface area contributed by atoms with Gasteiger partial charge in [-0.1, -0.05) is 12.8 Å². The van der Waals surface area contributed by atoms with E-state index in [4.69, 9.17) is 0 Å². The molecule has 0 aliphatic heterocycles. The highest BCUT2D eigenvalue weighted by Gasteiger charge is 2.37. The van der Waals surface area contributed by atoms with Crippen LogP contribution in [0.1, 0.15) is 51.4 Å². The minimum absolute atomic E-state index is 0.836. The highest BCUT2D eigenvalue weighted by Crippen LogP contribution is 2.51. The zero-order valence-electron chi connectivity index (χ0n) is 8.94. The van der Waals surface area contributed by atoms with Gasteiger partial charge in [-0.05, 0) is 63.5 Å². The summed E-state index contributed by atoms with van der Waals surface area (Å²) < 4.78 is 0. The van der Waals surface area contributed by atoms with E-state index in [9.17, 15) is 0 Å². The Hall–Kier alpha value is -0.0400. The topological polar surface area (TPSA) is 12.0 Å². The fourth-order valence-corrected chi connectivity index (χ4v) is 3.21. The maximum Gasteiger partial charge on any atom is -0.00235 e. The Bertz CT molecular complexity index is 161. The summed E-state index contributed by atoms with van der Waals surface area (Å²) in [5.74, 6) is 0.977. The largest absolute Gasteiger partial charge is 0.319 e. The van der Waals surface area contributed by atoms with Gasteiger partial charge in [0, 0.05) is 0 Å². The van der Waals surface area contributed by atoms with Crippen molar-refractivity contribution < 1.29 is 0 Å². The molecule has 1 unspecified atom stereocenters. The third-order valence-electron chi connectivity index (χ3n) is 4.31. The third kappa shape index (κ3) is 2.07. The van der Waals surface area contributed by atoms with Crippen LogP contribution in [0, 0.1) is 11.3 Å². The third-order valence-corrected chi connectivity index (χ3v) is 4.31. The van der Waals surface area contributed by atoms with Gasteiger partial charge in [0.25, 0.3) is 0 Å². The molecule has 76 valence electrons. The van der Waals surface area contributed by atoms with Crippen LogP contribution in [0.4, 0.5) is 0 Å². The SMILES string of the molecule is CNCC1CCCC2(CCC2)CC1. The summed E-state index contributed by atoms with van der Waals surface area (Å²) in [5, 5.41) is 3.33. The molecule has 2 fully saturated rings. The first-order valence-corrected chi connectivity index (χ1v) is 5.99. The molecule has 1 N–H and O–H groups in total. The second-order valence-electron chi connectivity index (χ2n) is 5.21. The Kier molecular flexibility index (Phi) is 2.92. The molecule has 0 aromatic heterocycles. The predicted octanol–water partition coefficient (Wildman–Crippen LogP) is 2.96. The maximum atomic E-state index is 3.33. The fourth-order valence-electron chi connectivity index (χ4n) is 3.21. The molecule has 2 saturated carbocycles. The molecule has 0 aromatic rings. The van der Waals surface area contributed by atoms with Gasteiger partial charge in [-0.15, -0.1) is 0 Å². The molecule has 1 atom stereocenters. The standard InChI is InChI=1S/C12H23N/c1-13-10-11-4-2-6-12(9-5-11)7-3-8-12/h11,13H,2-10H2,1H3. The fraction of sp³-hybridized carbons (Fsp3) is 1.00. The normalized spacial score (nSPS) is 32.5. The van der Waals surface area contributed by atoms with Crippen molar-refractivity contribution in [2.75, 3.05) is 13.6 Å². The molecule has 1 heteroatoms. The lowest BCUT2D eigenvalue weighted by Crippen LogP contribution is -2.28. The Morgan fingerprint density at radius 2 is 1.85 bits per heavy atom. The van der Waals surface area contributed by atoms with Crippen molar-refractivity contribution in [2.45, 2.75) is 51.4 Å². The molecule has 1 nitrogen and oxygen atoms in total. The summed E-state index contributed by atoms with van der Waals surface area (Å²) in [6.45, 7) is 1.25. The first kappa shape index (κ1) is 9.51. The summed E-state index contributed by atoms with van der Waals surface area (Å²) in [4.78, 5) is 0. The van der Waals surface area contributed by atoms with Crippen molar-refractivity contribution in [3.8, 4) is 0 Å². The van der Waals surface area contributed by atoms with Crippen LogP contribution >= 0.6 is 0 Å². The van der Waals surface area contributed by atoms with Crippen LogP contribution in [0.5, 0.6) is 0 Å². The van der Waals surface area contributed by atoms with Gasteiger partial charge in [-0.2, -0.15) is 0 Å². The Morgan fingerprint density at radius 1 is 1.08 bits per heavy atom. The lowest BCUT2D eigenvalue weighted by Gasteiger charge is -2.41. The van der Waals surface area contributed by atoms with E-state index in [1.54, 1.807) is 12.8 Å². The molecule has 2 aliphatic carbocycles. The predicted molar refractivity (Wildman–Crippen MR) is 56.8 cm³/mol.